The smallest absolute Gasteiger partial charge is 0.313 e. The molecule has 4 aliphatic rings. The third kappa shape index (κ3) is 3.91. The SMILES string of the molecule is CC(C)N1CC=C[C@]23O[C@@]4(C)/C=C\CCCCOC(=O)[C@H]4[C@H]2C(=O)N(CCCCO)C3C1=O. The van der Waals surface area contributed by atoms with E-state index < -0.39 is 35.0 Å². The Morgan fingerprint density at radius 1 is 1.09 bits per heavy atom. The molecule has 2 saturated heterocycles. The minimum absolute atomic E-state index is 0.0154. The van der Waals surface area contributed by atoms with Gasteiger partial charge in [0, 0.05) is 25.7 Å². The van der Waals surface area contributed by atoms with Crippen molar-refractivity contribution in [1.29, 1.82) is 0 Å². The Bertz CT molecular complexity index is 854. The fourth-order valence-corrected chi connectivity index (χ4v) is 5.91. The summed E-state index contributed by atoms with van der Waals surface area (Å²) in [5.74, 6) is -2.54. The number of esters is 1. The minimum atomic E-state index is -1.24. The van der Waals surface area contributed by atoms with E-state index in [9.17, 15) is 19.5 Å². The van der Waals surface area contributed by atoms with Crippen molar-refractivity contribution in [1.82, 2.24) is 9.80 Å². The lowest BCUT2D eigenvalue weighted by atomic mass is 9.74. The molecule has 0 aromatic carbocycles. The molecule has 5 atom stereocenters. The minimum Gasteiger partial charge on any atom is -0.465 e. The molecule has 0 bridgehead atoms. The molecule has 0 aliphatic carbocycles. The molecule has 182 valence electrons. The first kappa shape index (κ1) is 24.0. The van der Waals surface area contributed by atoms with Crippen molar-refractivity contribution < 1.29 is 29.0 Å². The second kappa shape index (κ2) is 9.22. The summed E-state index contributed by atoms with van der Waals surface area (Å²) in [6.07, 6.45) is 11.2. The summed E-state index contributed by atoms with van der Waals surface area (Å²) in [6.45, 7) is 6.80. The van der Waals surface area contributed by atoms with Crippen LogP contribution in [0.1, 0.15) is 52.9 Å². The largest absolute Gasteiger partial charge is 0.465 e. The van der Waals surface area contributed by atoms with E-state index in [4.69, 9.17) is 9.47 Å². The molecule has 8 heteroatoms. The maximum absolute atomic E-state index is 13.9. The number of carbonyl (C=O) groups is 3. The Hall–Kier alpha value is -2.19. The number of aliphatic hydroxyl groups is 1. The number of amides is 2. The zero-order valence-corrected chi connectivity index (χ0v) is 19.9. The van der Waals surface area contributed by atoms with E-state index in [1.165, 1.54) is 0 Å². The lowest BCUT2D eigenvalue weighted by Gasteiger charge is -2.38. The van der Waals surface area contributed by atoms with Gasteiger partial charge in [-0.2, -0.15) is 0 Å². The number of unbranched alkanes of at least 4 members (excludes halogenated alkanes) is 1. The van der Waals surface area contributed by atoms with Crippen LogP contribution in [0.3, 0.4) is 0 Å². The van der Waals surface area contributed by atoms with Gasteiger partial charge in [0.05, 0.1) is 18.1 Å². The molecule has 1 unspecified atom stereocenters. The Kier molecular flexibility index (Phi) is 6.69. The quantitative estimate of drug-likeness (QED) is 0.382. The van der Waals surface area contributed by atoms with Gasteiger partial charge in [-0.3, -0.25) is 14.4 Å². The Labute approximate surface area is 195 Å². The highest BCUT2D eigenvalue weighted by Gasteiger charge is 2.74. The lowest BCUT2D eigenvalue weighted by Crippen LogP contribution is -2.57. The summed E-state index contributed by atoms with van der Waals surface area (Å²) in [5.41, 5.74) is -2.30. The van der Waals surface area contributed by atoms with E-state index in [-0.39, 0.29) is 24.5 Å². The highest BCUT2D eigenvalue weighted by atomic mass is 16.6. The number of carbonyl (C=O) groups excluding carboxylic acids is 3. The van der Waals surface area contributed by atoms with E-state index in [1.807, 2.05) is 45.1 Å². The number of allylic oxidation sites excluding steroid dienone is 1. The van der Waals surface area contributed by atoms with Gasteiger partial charge in [0.15, 0.2) is 0 Å². The van der Waals surface area contributed by atoms with Crippen molar-refractivity contribution in [3.63, 3.8) is 0 Å². The second-order valence-electron chi connectivity index (χ2n) is 10.0. The van der Waals surface area contributed by atoms with Gasteiger partial charge in [-0.1, -0.05) is 24.3 Å². The molecule has 0 aromatic rings. The molecule has 1 spiro atoms. The van der Waals surface area contributed by atoms with Gasteiger partial charge in [0.2, 0.25) is 11.8 Å². The van der Waals surface area contributed by atoms with Crippen molar-refractivity contribution in [2.75, 3.05) is 26.3 Å². The number of nitrogens with zero attached hydrogens (tertiary/aromatic N) is 2. The van der Waals surface area contributed by atoms with E-state index in [1.54, 1.807) is 9.80 Å². The molecule has 1 N–H and O–H groups in total. The van der Waals surface area contributed by atoms with Crippen molar-refractivity contribution >= 4 is 17.8 Å². The number of hydrogen-bond donors (Lipinski definition) is 1. The van der Waals surface area contributed by atoms with Crippen LogP contribution in [-0.2, 0) is 23.9 Å². The van der Waals surface area contributed by atoms with Gasteiger partial charge in [-0.05, 0) is 52.9 Å². The third-order valence-corrected chi connectivity index (χ3v) is 7.46. The molecule has 8 nitrogen and oxygen atoms in total. The van der Waals surface area contributed by atoms with Crippen molar-refractivity contribution in [2.24, 2.45) is 11.8 Å². The Morgan fingerprint density at radius 3 is 2.61 bits per heavy atom. The van der Waals surface area contributed by atoms with Gasteiger partial charge < -0.3 is 24.4 Å². The molecule has 4 rings (SSSR count). The van der Waals surface area contributed by atoms with E-state index >= 15 is 0 Å². The molecule has 4 aliphatic heterocycles. The summed E-state index contributed by atoms with van der Waals surface area (Å²) in [4.78, 5) is 44.4. The Morgan fingerprint density at radius 2 is 1.88 bits per heavy atom. The maximum atomic E-state index is 13.9. The number of hydrogen-bond acceptors (Lipinski definition) is 6. The van der Waals surface area contributed by atoms with Crippen molar-refractivity contribution in [3.05, 3.63) is 24.3 Å². The molecule has 4 heterocycles. The van der Waals surface area contributed by atoms with Gasteiger partial charge >= 0.3 is 5.97 Å². The average molecular weight is 461 g/mol. The number of ether oxygens (including phenoxy) is 2. The molecule has 2 fully saturated rings. The van der Waals surface area contributed by atoms with Crippen LogP contribution >= 0.6 is 0 Å². The van der Waals surface area contributed by atoms with Gasteiger partial charge in [-0.25, -0.2) is 0 Å². The van der Waals surface area contributed by atoms with Crippen LogP contribution in [0.25, 0.3) is 0 Å². The predicted octanol–water partition coefficient (Wildman–Crippen LogP) is 1.82. The molecule has 0 saturated carbocycles. The highest BCUT2D eigenvalue weighted by Crippen LogP contribution is 2.57. The monoisotopic (exact) mass is 460 g/mol. The molecular formula is C25H36N2O6. The molecule has 2 amide bonds. The van der Waals surface area contributed by atoms with Crippen LogP contribution in [0.15, 0.2) is 24.3 Å². The number of likely N-dealkylation sites (tertiary alicyclic amines) is 1. The van der Waals surface area contributed by atoms with Crippen molar-refractivity contribution in [2.45, 2.75) is 76.2 Å². The summed E-state index contributed by atoms with van der Waals surface area (Å²) in [5, 5.41) is 9.26. The third-order valence-electron chi connectivity index (χ3n) is 7.46. The standard InChI is InChI=1S/C25H36N2O6/c1-17(2)26-14-10-12-25-18(21(29)27(13-7-8-15-28)20(25)22(26)30)19-23(31)32-16-9-5-4-6-11-24(19,3)33-25/h6,10-12,17-20,28H,4-5,7-9,13-16H2,1-3H3/b11-6-/t18-,19+,20?,24-,25-/m0/s1. The normalized spacial score (nSPS) is 37.5. The first-order valence-corrected chi connectivity index (χ1v) is 12.2. The van der Waals surface area contributed by atoms with Crippen LogP contribution in [-0.4, -0.2) is 82.3 Å². The molecule has 0 aromatic heterocycles. The first-order chi connectivity index (χ1) is 15.8. The number of cyclic esters (lactones) is 1. The molecular weight excluding hydrogens is 424 g/mol. The maximum Gasteiger partial charge on any atom is 0.313 e. The number of rotatable bonds is 5. The lowest BCUT2D eigenvalue weighted by molar-refractivity contribution is -0.160. The number of fused-ring (bicyclic) bond motifs is 2. The zero-order valence-electron chi connectivity index (χ0n) is 19.9. The van der Waals surface area contributed by atoms with E-state index in [0.717, 1.165) is 19.3 Å². The fraction of sp³-hybridized carbons (Fsp3) is 0.720. The van der Waals surface area contributed by atoms with Crippen LogP contribution in [0.5, 0.6) is 0 Å². The second-order valence-corrected chi connectivity index (χ2v) is 10.0. The number of aliphatic hydroxyl groups excluding tert-OH is 1. The molecule has 0 radical (unpaired) electrons. The van der Waals surface area contributed by atoms with Crippen LogP contribution < -0.4 is 0 Å². The summed E-state index contributed by atoms with van der Waals surface area (Å²) in [7, 11) is 0. The van der Waals surface area contributed by atoms with Gasteiger partial charge in [-0.15, -0.1) is 0 Å². The van der Waals surface area contributed by atoms with Crippen LogP contribution in [0, 0.1) is 11.8 Å². The predicted molar refractivity (Wildman–Crippen MR) is 121 cm³/mol. The summed E-state index contributed by atoms with van der Waals surface area (Å²) in [6, 6.07) is -0.904. The summed E-state index contributed by atoms with van der Waals surface area (Å²) < 4.78 is 12.3. The van der Waals surface area contributed by atoms with Gasteiger partial charge in [0.1, 0.15) is 17.6 Å². The van der Waals surface area contributed by atoms with E-state index in [2.05, 4.69) is 0 Å². The summed E-state index contributed by atoms with van der Waals surface area (Å²) >= 11 is 0. The zero-order chi connectivity index (χ0) is 23.8. The van der Waals surface area contributed by atoms with Crippen molar-refractivity contribution in [3.8, 4) is 0 Å². The molecule has 33 heavy (non-hydrogen) atoms. The average Bonchev–Trinajstić information content (AvgIpc) is 3.08. The highest BCUT2D eigenvalue weighted by molar-refractivity contribution is 5.99. The fourth-order valence-electron chi connectivity index (χ4n) is 5.91. The Balaban J connectivity index is 1.83. The van der Waals surface area contributed by atoms with Gasteiger partial charge in [0.25, 0.3) is 0 Å². The first-order valence-electron chi connectivity index (χ1n) is 12.2. The topological polar surface area (TPSA) is 96.4 Å². The van der Waals surface area contributed by atoms with E-state index in [0.29, 0.717) is 32.5 Å². The van der Waals surface area contributed by atoms with Crippen LogP contribution in [0.4, 0.5) is 0 Å². The van der Waals surface area contributed by atoms with Crippen LogP contribution in [0.2, 0.25) is 0 Å².